The normalized spacial score (nSPS) is 35.6. The largest absolute Gasteiger partial charge is 0.466 e. The molecule has 0 aromatic heterocycles. The van der Waals surface area contributed by atoms with Gasteiger partial charge in [0.25, 0.3) is 0 Å². The molecule has 0 aliphatic heterocycles. The van der Waals surface area contributed by atoms with Crippen LogP contribution in [-0.2, 0) is 9.53 Å². The van der Waals surface area contributed by atoms with E-state index in [-0.39, 0.29) is 16.8 Å². The highest BCUT2D eigenvalue weighted by Gasteiger charge is 2.55. The van der Waals surface area contributed by atoms with E-state index in [2.05, 4.69) is 27.7 Å². The van der Waals surface area contributed by atoms with Crippen LogP contribution < -0.4 is 0 Å². The Morgan fingerprint density at radius 1 is 1.43 bits per heavy atom. The zero-order valence-electron chi connectivity index (χ0n) is 10.0. The first-order valence-electron chi connectivity index (χ1n) is 5.53. The topological polar surface area (TPSA) is 26.3 Å². The molecule has 2 heteroatoms. The summed E-state index contributed by atoms with van der Waals surface area (Å²) >= 11 is 0. The lowest BCUT2D eigenvalue weighted by atomic mass is 9.66. The molecular weight excluding hydrogens is 176 g/mol. The fraction of sp³-hybridized carbons (Fsp3) is 0.917. The zero-order chi connectivity index (χ0) is 11.0. The summed E-state index contributed by atoms with van der Waals surface area (Å²) in [5, 5.41) is 0. The quantitative estimate of drug-likeness (QED) is 0.637. The fourth-order valence-electron chi connectivity index (χ4n) is 2.39. The van der Waals surface area contributed by atoms with Crippen molar-refractivity contribution in [1.29, 1.82) is 0 Å². The van der Waals surface area contributed by atoms with Crippen LogP contribution in [-0.4, -0.2) is 12.6 Å². The van der Waals surface area contributed by atoms with E-state index >= 15 is 0 Å². The number of carbonyl (C=O) groups excluding carboxylic acids is 1. The molecule has 0 heterocycles. The molecule has 0 saturated heterocycles. The number of rotatable bonds is 2. The number of ether oxygens (including phenoxy) is 1. The highest BCUT2D eigenvalue weighted by atomic mass is 16.5. The van der Waals surface area contributed by atoms with Crippen molar-refractivity contribution >= 4 is 5.97 Å². The number of esters is 1. The SMILES string of the molecule is CCOC(=O)C1(C)CCC(C)C1(C)C. The highest BCUT2D eigenvalue weighted by Crippen LogP contribution is 2.56. The van der Waals surface area contributed by atoms with E-state index in [0.29, 0.717) is 12.5 Å². The Morgan fingerprint density at radius 2 is 2.00 bits per heavy atom. The third-order valence-corrected chi connectivity index (χ3v) is 4.46. The Bertz CT molecular complexity index is 232. The second-order valence-corrected chi connectivity index (χ2v) is 5.21. The predicted molar refractivity (Wildman–Crippen MR) is 56.9 cm³/mol. The van der Waals surface area contributed by atoms with Gasteiger partial charge in [-0.25, -0.2) is 0 Å². The van der Waals surface area contributed by atoms with Crippen molar-refractivity contribution in [1.82, 2.24) is 0 Å². The maximum Gasteiger partial charge on any atom is 0.312 e. The van der Waals surface area contributed by atoms with Crippen LogP contribution in [0.25, 0.3) is 0 Å². The van der Waals surface area contributed by atoms with Gasteiger partial charge in [0, 0.05) is 0 Å². The minimum absolute atomic E-state index is 0.0191. The first-order chi connectivity index (χ1) is 6.36. The van der Waals surface area contributed by atoms with Gasteiger partial charge < -0.3 is 4.74 Å². The summed E-state index contributed by atoms with van der Waals surface area (Å²) in [5.41, 5.74) is -0.234. The van der Waals surface area contributed by atoms with Gasteiger partial charge in [-0.1, -0.05) is 20.8 Å². The van der Waals surface area contributed by atoms with Crippen LogP contribution in [0.5, 0.6) is 0 Å². The van der Waals surface area contributed by atoms with E-state index in [1.165, 1.54) is 0 Å². The molecule has 0 spiro atoms. The molecule has 0 N–H and O–H groups in total. The molecule has 1 rings (SSSR count). The van der Waals surface area contributed by atoms with E-state index in [9.17, 15) is 4.79 Å². The fourth-order valence-corrected chi connectivity index (χ4v) is 2.39. The summed E-state index contributed by atoms with van der Waals surface area (Å²) in [6.45, 7) is 11.0. The monoisotopic (exact) mass is 198 g/mol. The van der Waals surface area contributed by atoms with Gasteiger partial charge in [0.2, 0.25) is 0 Å². The minimum atomic E-state index is -0.289. The molecule has 2 atom stereocenters. The molecule has 1 saturated carbocycles. The van der Waals surface area contributed by atoms with Crippen LogP contribution in [0.3, 0.4) is 0 Å². The molecule has 0 bridgehead atoms. The Morgan fingerprint density at radius 3 is 2.36 bits per heavy atom. The highest BCUT2D eigenvalue weighted by molar-refractivity contribution is 5.78. The summed E-state index contributed by atoms with van der Waals surface area (Å²) in [6, 6.07) is 0. The zero-order valence-corrected chi connectivity index (χ0v) is 10.0. The Labute approximate surface area is 87.0 Å². The summed E-state index contributed by atoms with van der Waals surface area (Å²) in [5.74, 6) is 0.575. The second-order valence-electron chi connectivity index (χ2n) is 5.21. The Kier molecular flexibility index (Phi) is 2.93. The molecule has 82 valence electrons. The lowest BCUT2D eigenvalue weighted by Gasteiger charge is -2.38. The van der Waals surface area contributed by atoms with Crippen molar-refractivity contribution in [2.24, 2.45) is 16.7 Å². The van der Waals surface area contributed by atoms with E-state index in [1.807, 2.05) is 6.92 Å². The van der Waals surface area contributed by atoms with Gasteiger partial charge >= 0.3 is 5.97 Å². The molecule has 0 aromatic rings. The van der Waals surface area contributed by atoms with Crippen molar-refractivity contribution in [2.45, 2.75) is 47.5 Å². The summed E-state index contributed by atoms with van der Waals surface area (Å²) < 4.78 is 5.17. The minimum Gasteiger partial charge on any atom is -0.466 e. The van der Waals surface area contributed by atoms with E-state index in [1.54, 1.807) is 0 Å². The number of carbonyl (C=O) groups is 1. The maximum atomic E-state index is 11.9. The van der Waals surface area contributed by atoms with E-state index in [4.69, 9.17) is 4.74 Å². The summed E-state index contributed by atoms with van der Waals surface area (Å²) in [7, 11) is 0. The van der Waals surface area contributed by atoms with Crippen LogP contribution >= 0.6 is 0 Å². The Hall–Kier alpha value is -0.530. The van der Waals surface area contributed by atoms with Gasteiger partial charge in [-0.3, -0.25) is 4.79 Å². The van der Waals surface area contributed by atoms with Crippen molar-refractivity contribution in [3.05, 3.63) is 0 Å². The van der Waals surface area contributed by atoms with Gasteiger partial charge in [0.05, 0.1) is 12.0 Å². The van der Waals surface area contributed by atoms with Crippen LogP contribution in [0.4, 0.5) is 0 Å². The van der Waals surface area contributed by atoms with Crippen LogP contribution in [0.1, 0.15) is 47.5 Å². The van der Waals surface area contributed by atoms with Crippen molar-refractivity contribution in [2.75, 3.05) is 6.61 Å². The first kappa shape index (κ1) is 11.5. The molecule has 14 heavy (non-hydrogen) atoms. The summed E-state index contributed by atoms with van der Waals surface area (Å²) in [4.78, 5) is 11.9. The van der Waals surface area contributed by atoms with Crippen LogP contribution in [0.15, 0.2) is 0 Å². The molecule has 2 unspecified atom stereocenters. The molecule has 1 fully saturated rings. The number of hydrogen-bond donors (Lipinski definition) is 0. The number of hydrogen-bond acceptors (Lipinski definition) is 2. The molecule has 0 aromatic carbocycles. The molecule has 0 amide bonds. The van der Waals surface area contributed by atoms with E-state index < -0.39 is 0 Å². The lowest BCUT2D eigenvalue weighted by Crippen LogP contribution is -2.41. The van der Waals surface area contributed by atoms with Crippen molar-refractivity contribution in [3.8, 4) is 0 Å². The summed E-state index contributed by atoms with van der Waals surface area (Å²) in [6.07, 6.45) is 2.09. The van der Waals surface area contributed by atoms with Crippen molar-refractivity contribution < 1.29 is 9.53 Å². The Balaban J connectivity index is 2.89. The van der Waals surface area contributed by atoms with Crippen molar-refractivity contribution in [3.63, 3.8) is 0 Å². The van der Waals surface area contributed by atoms with Crippen LogP contribution in [0.2, 0.25) is 0 Å². The molecule has 2 nitrogen and oxygen atoms in total. The smallest absolute Gasteiger partial charge is 0.312 e. The standard InChI is InChI=1S/C12H22O2/c1-6-14-10(13)12(5)8-7-9(2)11(12,3)4/h9H,6-8H2,1-5H3. The molecule has 0 radical (unpaired) electrons. The molecule has 1 aliphatic rings. The van der Waals surface area contributed by atoms with Gasteiger partial charge in [-0.2, -0.15) is 0 Å². The average Bonchev–Trinajstić information content (AvgIpc) is 2.31. The van der Waals surface area contributed by atoms with Gasteiger partial charge in [-0.15, -0.1) is 0 Å². The van der Waals surface area contributed by atoms with Crippen LogP contribution in [0, 0.1) is 16.7 Å². The predicted octanol–water partition coefficient (Wildman–Crippen LogP) is 3.01. The molecule has 1 aliphatic carbocycles. The average molecular weight is 198 g/mol. The first-order valence-corrected chi connectivity index (χ1v) is 5.53. The third kappa shape index (κ3) is 1.45. The molecular formula is C12H22O2. The van der Waals surface area contributed by atoms with Gasteiger partial charge in [0.1, 0.15) is 0 Å². The van der Waals surface area contributed by atoms with E-state index in [0.717, 1.165) is 12.8 Å². The second kappa shape index (κ2) is 3.56. The lowest BCUT2D eigenvalue weighted by molar-refractivity contribution is -0.160. The van der Waals surface area contributed by atoms with Gasteiger partial charge in [-0.05, 0) is 38.0 Å². The third-order valence-electron chi connectivity index (χ3n) is 4.46. The van der Waals surface area contributed by atoms with Gasteiger partial charge in [0.15, 0.2) is 0 Å². The maximum absolute atomic E-state index is 11.9.